The van der Waals surface area contributed by atoms with E-state index in [0.717, 1.165) is 6.07 Å². The number of rotatable bonds is 3. The van der Waals surface area contributed by atoms with Crippen molar-refractivity contribution in [3.05, 3.63) is 57.0 Å². The molecule has 2 rings (SSSR count). The highest BCUT2D eigenvalue weighted by atomic mass is 79.9. The molecular formula is C14H10BrClF2O2. The van der Waals surface area contributed by atoms with Gasteiger partial charge in [0.2, 0.25) is 5.82 Å². The van der Waals surface area contributed by atoms with Crippen LogP contribution in [0.4, 0.5) is 8.78 Å². The average molecular weight is 364 g/mol. The Balaban J connectivity index is 2.35. The van der Waals surface area contributed by atoms with Gasteiger partial charge in [0.05, 0.1) is 11.1 Å². The van der Waals surface area contributed by atoms with Crippen molar-refractivity contribution < 1.29 is 18.6 Å². The predicted octanol–water partition coefficient (Wildman–Crippen LogP) is 5.23. The van der Waals surface area contributed by atoms with Crippen LogP contribution in [0.15, 0.2) is 34.8 Å². The minimum absolute atomic E-state index is 0.174. The molecule has 0 aliphatic heterocycles. The Labute approximate surface area is 128 Å². The second kappa shape index (κ2) is 6.08. The first-order valence-electron chi connectivity index (χ1n) is 5.68. The van der Waals surface area contributed by atoms with E-state index in [2.05, 4.69) is 15.9 Å². The Kier molecular flexibility index (Phi) is 4.62. The number of halogens is 4. The number of aliphatic hydroxyl groups excluding tert-OH is 1. The van der Waals surface area contributed by atoms with Gasteiger partial charge in [0, 0.05) is 4.47 Å². The Morgan fingerprint density at radius 3 is 2.50 bits per heavy atom. The molecule has 0 heterocycles. The van der Waals surface area contributed by atoms with Crippen LogP contribution >= 0.6 is 27.5 Å². The molecule has 1 atom stereocenters. The Morgan fingerprint density at radius 2 is 1.90 bits per heavy atom. The maximum Gasteiger partial charge on any atom is 0.201 e. The molecule has 2 nitrogen and oxygen atoms in total. The Bertz CT molecular complexity index is 647. The molecule has 20 heavy (non-hydrogen) atoms. The molecule has 0 fully saturated rings. The molecule has 0 radical (unpaired) electrons. The zero-order valence-corrected chi connectivity index (χ0v) is 12.7. The highest BCUT2D eigenvalue weighted by Crippen LogP contribution is 2.34. The number of aliphatic hydroxyl groups is 1. The van der Waals surface area contributed by atoms with Gasteiger partial charge in [-0.2, -0.15) is 4.39 Å². The summed E-state index contributed by atoms with van der Waals surface area (Å²) in [7, 11) is 0. The summed E-state index contributed by atoms with van der Waals surface area (Å²) in [6, 6.07) is 6.90. The van der Waals surface area contributed by atoms with Gasteiger partial charge in [-0.1, -0.05) is 33.6 Å². The third-order valence-electron chi connectivity index (χ3n) is 2.62. The van der Waals surface area contributed by atoms with E-state index in [9.17, 15) is 13.9 Å². The lowest BCUT2D eigenvalue weighted by molar-refractivity contribution is 0.199. The summed E-state index contributed by atoms with van der Waals surface area (Å²) in [5.41, 5.74) is 0.600. The van der Waals surface area contributed by atoms with E-state index in [1.165, 1.54) is 18.2 Å². The van der Waals surface area contributed by atoms with Gasteiger partial charge in [-0.15, -0.1) is 0 Å². The van der Waals surface area contributed by atoms with Crippen LogP contribution in [0.3, 0.4) is 0 Å². The van der Waals surface area contributed by atoms with Crippen molar-refractivity contribution in [3.8, 4) is 11.5 Å². The van der Waals surface area contributed by atoms with Crippen LogP contribution in [0.1, 0.15) is 18.6 Å². The van der Waals surface area contributed by atoms with Crippen molar-refractivity contribution in [2.75, 3.05) is 0 Å². The molecule has 0 spiro atoms. The second-order valence-electron chi connectivity index (χ2n) is 4.17. The van der Waals surface area contributed by atoms with E-state index in [1.807, 2.05) is 0 Å². The van der Waals surface area contributed by atoms with Gasteiger partial charge in [-0.25, -0.2) is 4.39 Å². The van der Waals surface area contributed by atoms with Gasteiger partial charge in [0.15, 0.2) is 11.6 Å². The molecule has 0 aromatic heterocycles. The third kappa shape index (κ3) is 3.29. The Hall–Kier alpha value is -1.17. The lowest BCUT2D eigenvalue weighted by atomic mass is 10.1. The molecule has 106 valence electrons. The highest BCUT2D eigenvalue weighted by molar-refractivity contribution is 9.10. The van der Waals surface area contributed by atoms with Crippen LogP contribution in [0.2, 0.25) is 5.02 Å². The van der Waals surface area contributed by atoms with E-state index >= 15 is 0 Å². The Morgan fingerprint density at radius 1 is 1.20 bits per heavy atom. The number of benzene rings is 2. The van der Waals surface area contributed by atoms with Crippen molar-refractivity contribution in [2.45, 2.75) is 13.0 Å². The molecule has 0 saturated carbocycles. The largest absolute Gasteiger partial charge is 0.453 e. The molecule has 0 amide bonds. The number of hydrogen-bond acceptors (Lipinski definition) is 2. The summed E-state index contributed by atoms with van der Waals surface area (Å²) in [5.74, 6) is -2.22. The molecule has 1 N–H and O–H groups in total. The van der Waals surface area contributed by atoms with E-state index in [1.54, 1.807) is 13.0 Å². The molecule has 0 bridgehead atoms. The summed E-state index contributed by atoms with van der Waals surface area (Å²) >= 11 is 9.05. The first-order chi connectivity index (χ1) is 9.38. The summed E-state index contributed by atoms with van der Waals surface area (Å²) < 4.78 is 32.5. The third-order valence-corrected chi connectivity index (χ3v) is 3.37. The van der Waals surface area contributed by atoms with Crippen LogP contribution in [0.5, 0.6) is 11.5 Å². The second-order valence-corrected chi connectivity index (χ2v) is 5.49. The van der Waals surface area contributed by atoms with Crippen molar-refractivity contribution in [3.63, 3.8) is 0 Å². The molecule has 2 aromatic rings. The number of ether oxygens (including phenoxy) is 1. The normalized spacial score (nSPS) is 12.3. The maximum atomic E-state index is 13.6. The zero-order valence-electron chi connectivity index (χ0n) is 10.3. The van der Waals surface area contributed by atoms with Crippen molar-refractivity contribution in [1.82, 2.24) is 0 Å². The topological polar surface area (TPSA) is 29.5 Å². The van der Waals surface area contributed by atoms with Crippen molar-refractivity contribution in [2.24, 2.45) is 0 Å². The molecule has 0 aliphatic carbocycles. The van der Waals surface area contributed by atoms with Crippen LogP contribution in [-0.2, 0) is 0 Å². The molecule has 0 aliphatic rings. The monoisotopic (exact) mass is 362 g/mol. The minimum Gasteiger partial charge on any atom is -0.453 e. The fourth-order valence-corrected chi connectivity index (χ4v) is 2.22. The number of hydrogen-bond donors (Lipinski definition) is 1. The summed E-state index contributed by atoms with van der Waals surface area (Å²) in [6.07, 6.45) is -0.679. The molecule has 0 saturated heterocycles. The summed E-state index contributed by atoms with van der Waals surface area (Å²) in [5, 5.41) is 9.63. The minimum atomic E-state index is -1.09. The molecule has 0 unspecified atom stereocenters. The fraction of sp³-hybridized carbons (Fsp3) is 0.143. The van der Waals surface area contributed by atoms with Gasteiger partial charge in [-0.3, -0.25) is 0 Å². The van der Waals surface area contributed by atoms with Gasteiger partial charge in [-0.05, 0) is 36.8 Å². The lowest BCUT2D eigenvalue weighted by Crippen LogP contribution is -1.95. The lowest BCUT2D eigenvalue weighted by Gasteiger charge is -2.11. The van der Waals surface area contributed by atoms with Crippen molar-refractivity contribution in [1.29, 1.82) is 0 Å². The highest BCUT2D eigenvalue weighted by Gasteiger charge is 2.14. The molecule has 6 heteroatoms. The van der Waals surface area contributed by atoms with Gasteiger partial charge < -0.3 is 9.84 Å². The summed E-state index contributed by atoms with van der Waals surface area (Å²) in [6.45, 7) is 1.59. The zero-order chi connectivity index (χ0) is 14.9. The fourth-order valence-electron chi connectivity index (χ4n) is 1.58. The SMILES string of the molecule is C[C@H](O)c1ccc(Oc2cc(Br)cc(F)c2F)c(Cl)c1. The maximum absolute atomic E-state index is 13.6. The van der Waals surface area contributed by atoms with Crippen LogP contribution in [0.25, 0.3) is 0 Å². The van der Waals surface area contributed by atoms with Crippen molar-refractivity contribution >= 4 is 27.5 Å². The van der Waals surface area contributed by atoms with Gasteiger partial charge >= 0.3 is 0 Å². The van der Waals surface area contributed by atoms with E-state index in [0.29, 0.717) is 10.0 Å². The average Bonchev–Trinajstić information content (AvgIpc) is 2.37. The smallest absolute Gasteiger partial charge is 0.201 e. The standard InChI is InChI=1S/C14H10BrClF2O2/c1-7(19)8-2-3-12(10(16)4-8)20-13-6-9(15)5-11(17)14(13)18/h2-7,19H,1H3/t7-/m0/s1. The van der Waals surface area contributed by atoms with Gasteiger partial charge in [0.25, 0.3) is 0 Å². The van der Waals surface area contributed by atoms with E-state index in [-0.39, 0.29) is 16.5 Å². The van der Waals surface area contributed by atoms with Crippen LogP contribution < -0.4 is 4.74 Å². The van der Waals surface area contributed by atoms with Crippen LogP contribution in [0, 0.1) is 11.6 Å². The van der Waals surface area contributed by atoms with E-state index in [4.69, 9.17) is 16.3 Å². The quantitative estimate of drug-likeness (QED) is 0.757. The first-order valence-corrected chi connectivity index (χ1v) is 6.85. The van der Waals surface area contributed by atoms with E-state index < -0.39 is 17.7 Å². The van der Waals surface area contributed by atoms with Gasteiger partial charge in [0.1, 0.15) is 5.75 Å². The predicted molar refractivity (Wildman–Crippen MR) is 76.2 cm³/mol. The molecular weight excluding hydrogens is 354 g/mol. The first kappa shape index (κ1) is 15.2. The molecule has 2 aromatic carbocycles. The summed E-state index contributed by atoms with van der Waals surface area (Å²) in [4.78, 5) is 0. The van der Waals surface area contributed by atoms with Crippen LogP contribution in [-0.4, -0.2) is 5.11 Å².